The fourth-order valence-electron chi connectivity index (χ4n) is 2.88. The fraction of sp³-hybridized carbons (Fsp3) is 0.263. The molecule has 2 aromatic heterocycles. The molecule has 0 saturated heterocycles. The highest BCUT2D eigenvalue weighted by Crippen LogP contribution is 2.13. The van der Waals surface area contributed by atoms with Gasteiger partial charge in [0, 0.05) is 6.54 Å². The Labute approximate surface area is 160 Å². The molecule has 0 amide bonds. The number of hydrogen-bond donors (Lipinski definition) is 0. The molecule has 0 spiro atoms. The smallest absolute Gasteiger partial charge is 0.338 e. The lowest BCUT2D eigenvalue weighted by Crippen LogP contribution is -2.11. The molecule has 4 rings (SSSR count). The maximum atomic E-state index is 12.3. The molecule has 0 radical (unpaired) electrons. The number of carbonyl (C=O) groups is 1. The van der Waals surface area contributed by atoms with Crippen LogP contribution in [0.25, 0.3) is 11.0 Å². The molecule has 28 heavy (non-hydrogen) atoms. The van der Waals surface area contributed by atoms with Crippen LogP contribution in [-0.4, -0.2) is 41.2 Å². The Morgan fingerprint density at radius 3 is 2.64 bits per heavy atom. The van der Waals surface area contributed by atoms with Gasteiger partial charge in [-0.25, -0.2) is 14.2 Å². The number of benzene rings is 2. The van der Waals surface area contributed by atoms with Gasteiger partial charge in [-0.3, -0.25) is 0 Å². The first-order chi connectivity index (χ1) is 13.7. The lowest BCUT2D eigenvalue weighted by Gasteiger charge is -2.07. The van der Waals surface area contributed by atoms with Crippen LogP contribution in [0.2, 0.25) is 0 Å². The summed E-state index contributed by atoms with van der Waals surface area (Å²) in [6, 6.07) is 15.0. The van der Waals surface area contributed by atoms with Crippen LogP contribution >= 0.6 is 0 Å². The summed E-state index contributed by atoms with van der Waals surface area (Å²) < 4.78 is 8.80. The summed E-state index contributed by atoms with van der Waals surface area (Å²) in [6.45, 7) is 3.33. The molecule has 4 aromatic rings. The van der Waals surface area contributed by atoms with Gasteiger partial charge in [0.2, 0.25) is 0 Å². The minimum Gasteiger partial charge on any atom is -0.454 e. The summed E-state index contributed by atoms with van der Waals surface area (Å²) in [7, 11) is 0. The van der Waals surface area contributed by atoms with Gasteiger partial charge in [-0.15, -0.1) is 10.2 Å². The number of para-hydroxylation sites is 1. The first-order valence-electron chi connectivity index (χ1n) is 9.04. The third-order valence-electron chi connectivity index (χ3n) is 4.32. The van der Waals surface area contributed by atoms with E-state index >= 15 is 0 Å². The van der Waals surface area contributed by atoms with E-state index < -0.39 is 5.97 Å². The highest BCUT2D eigenvalue weighted by atomic mass is 16.5. The van der Waals surface area contributed by atoms with Crippen LogP contribution in [0.4, 0.5) is 0 Å². The lowest BCUT2D eigenvalue weighted by molar-refractivity contribution is 0.0456. The molecule has 0 aliphatic carbocycles. The topological polar surface area (TPSA) is 101 Å². The second-order valence-electron chi connectivity index (χ2n) is 6.33. The van der Waals surface area contributed by atoms with Crippen molar-refractivity contribution < 1.29 is 9.53 Å². The van der Waals surface area contributed by atoms with E-state index in [0.717, 1.165) is 23.0 Å². The predicted octanol–water partition coefficient (Wildman–Crippen LogP) is 2.23. The highest BCUT2D eigenvalue weighted by Gasteiger charge is 2.12. The number of carbonyl (C=O) groups excluding carboxylic acids is 1. The molecular formula is C19H19N7O2. The third-order valence-corrected chi connectivity index (χ3v) is 4.32. The standard InChI is InChI=1S/C19H19N7O2/c1-2-11-25-18(21-22-24-25)13-28-19(27)15-9-7-14(8-10-15)12-26-17-6-4-3-5-16(17)20-23-26/h3-10H,2,11-13H2,1H3. The van der Waals surface area contributed by atoms with Crippen LogP contribution in [0.1, 0.15) is 35.1 Å². The van der Waals surface area contributed by atoms with Crippen molar-refractivity contribution in [2.45, 2.75) is 33.0 Å². The molecule has 0 N–H and O–H groups in total. The van der Waals surface area contributed by atoms with Gasteiger partial charge in [0.1, 0.15) is 5.52 Å². The molecule has 0 bridgehead atoms. The van der Waals surface area contributed by atoms with E-state index in [1.54, 1.807) is 16.8 Å². The number of fused-ring (bicyclic) bond motifs is 1. The Hall–Kier alpha value is -3.62. The van der Waals surface area contributed by atoms with Gasteiger partial charge in [0.05, 0.1) is 17.6 Å². The van der Waals surface area contributed by atoms with E-state index in [1.807, 2.05) is 48.0 Å². The van der Waals surface area contributed by atoms with E-state index in [1.165, 1.54) is 0 Å². The van der Waals surface area contributed by atoms with Gasteiger partial charge >= 0.3 is 5.97 Å². The predicted molar refractivity (Wildman–Crippen MR) is 100 cm³/mol. The number of aromatic nitrogens is 7. The Morgan fingerprint density at radius 1 is 1.00 bits per heavy atom. The molecule has 2 heterocycles. The number of aryl methyl sites for hydroxylation is 1. The fourth-order valence-corrected chi connectivity index (χ4v) is 2.88. The van der Waals surface area contributed by atoms with Gasteiger partial charge in [-0.2, -0.15) is 0 Å². The second-order valence-corrected chi connectivity index (χ2v) is 6.33. The normalized spacial score (nSPS) is 11.0. The van der Waals surface area contributed by atoms with E-state index in [9.17, 15) is 4.79 Å². The first-order valence-corrected chi connectivity index (χ1v) is 9.04. The Balaban J connectivity index is 1.40. The van der Waals surface area contributed by atoms with Crippen LogP contribution < -0.4 is 0 Å². The van der Waals surface area contributed by atoms with E-state index in [0.29, 0.717) is 24.5 Å². The number of rotatable bonds is 7. The van der Waals surface area contributed by atoms with Crippen LogP contribution in [0.3, 0.4) is 0 Å². The zero-order chi connectivity index (χ0) is 19.3. The van der Waals surface area contributed by atoms with Crippen molar-refractivity contribution in [1.82, 2.24) is 35.2 Å². The number of nitrogens with zero attached hydrogens (tertiary/aromatic N) is 7. The zero-order valence-corrected chi connectivity index (χ0v) is 15.4. The van der Waals surface area contributed by atoms with Gasteiger partial charge in [-0.05, 0) is 46.7 Å². The molecule has 9 heteroatoms. The number of tetrazole rings is 1. The van der Waals surface area contributed by atoms with Gasteiger partial charge in [0.25, 0.3) is 0 Å². The molecule has 0 aliphatic heterocycles. The zero-order valence-electron chi connectivity index (χ0n) is 15.4. The summed E-state index contributed by atoms with van der Waals surface area (Å²) in [4.78, 5) is 12.3. The van der Waals surface area contributed by atoms with Gasteiger partial charge < -0.3 is 4.74 Å². The quantitative estimate of drug-likeness (QED) is 0.455. The maximum absolute atomic E-state index is 12.3. The molecule has 0 aliphatic rings. The summed E-state index contributed by atoms with van der Waals surface area (Å²) >= 11 is 0. The van der Waals surface area contributed by atoms with E-state index in [4.69, 9.17) is 4.74 Å². The van der Waals surface area contributed by atoms with E-state index in [-0.39, 0.29) is 6.61 Å². The average molecular weight is 377 g/mol. The molecule has 2 aromatic carbocycles. The summed E-state index contributed by atoms with van der Waals surface area (Å²) in [5, 5.41) is 19.7. The monoisotopic (exact) mass is 377 g/mol. The average Bonchev–Trinajstić information content (AvgIpc) is 3.34. The van der Waals surface area contributed by atoms with Crippen LogP contribution in [0.5, 0.6) is 0 Å². The Kier molecular flexibility index (Phi) is 5.05. The van der Waals surface area contributed by atoms with Crippen molar-refractivity contribution in [3.05, 3.63) is 65.5 Å². The van der Waals surface area contributed by atoms with Crippen LogP contribution in [0.15, 0.2) is 48.5 Å². The molecule has 9 nitrogen and oxygen atoms in total. The number of esters is 1. The van der Waals surface area contributed by atoms with Crippen LogP contribution in [-0.2, 0) is 24.4 Å². The first kappa shape index (κ1) is 17.8. The van der Waals surface area contributed by atoms with Crippen molar-refractivity contribution in [3.8, 4) is 0 Å². The molecular weight excluding hydrogens is 358 g/mol. The Morgan fingerprint density at radius 2 is 1.82 bits per heavy atom. The maximum Gasteiger partial charge on any atom is 0.338 e. The van der Waals surface area contributed by atoms with Crippen molar-refractivity contribution in [2.24, 2.45) is 0 Å². The van der Waals surface area contributed by atoms with Crippen molar-refractivity contribution in [3.63, 3.8) is 0 Å². The summed E-state index contributed by atoms with van der Waals surface area (Å²) in [5.41, 5.74) is 3.31. The van der Waals surface area contributed by atoms with Crippen molar-refractivity contribution in [1.29, 1.82) is 0 Å². The summed E-state index contributed by atoms with van der Waals surface area (Å²) in [5.74, 6) is 0.119. The molecule has 0 saturated carbocycles. The molecule has 0 atom stereocenters. The largest absolute Gasteiger partial charge is 0.454 e. The lowest BCUT2D eigenvalue weighted by atomic mass is 10.1. The van der Waals surface area contributed by atoms with Crippen molar-refractivity contribution in [2.75, 3.05) is 0 Å². The number of hydrogen-bond acceptors (Lipinski definition) is 7. The highest BCUT2D eigenvalue weighted by molar-refractivity contribution is 5.89. The van der Waals surface area contributed by atoms with Crippen LogP contribution in [0, 0.1) is 0 Å². The third kappa shape index (κ3) is 3.73. The minimum atomic E-state index is -0.413. The van der Waals surface area contributed by atoms with Gasteiger partial charge in [0.15, 0.2) is 12.4 Å². The minimum absolute atomic E-state index is 0.0402. The Bertz CT molecular complexity index is 1090. The van der Waals surface area contributed by atoms with Crippen molar-refractivity contribution >= 4 is 17.0 Å². The molecule has 142 valence electrons. The van der Waals surface area contributed by atoms with Gasteiger partial charge in [-0.1, -0.05) is 36.4 Å². The second kappa shape index (κ2) is 7.95. The summed E-state index contributed by atoms with van der Waals surface area (Å²) in [6.07, 6.45) is 0.897. The molecule has 0 unspecified atom stereocenters. The van der Waals surface area contributed by atoms with E-state index in [2.05, 4.69) is 25.8 Å². The molecule has 0 fully saturated rings. The number of ether oxygens (including phenoxy) is 1. The SMILES string of the molecule is CCCn1nnnc1COC(=O)c1ccc(Cn2nnc3ccccc32)cc1.